The fraction of sp³-hybridized carbons (Fsp3) is 0.286. The first-order valence-electron chi connectivity index (χ1n) is 9.14. The molecule has 0 saturated carbocycles. The van der Waals surface area contributed by atoms with E-state index >= 15 is 0 Å². The van der Waals surface area contributed by atoms with Crippen molar-refractivity contribution in [2.75, 3.05) is 32.7 Å². The van der Waals surface area contributed by atoms with Crippen molar-refractivity contribution < 1.29 is 14.6 Å². The minimum absolute atomic E-state index is 0.114. The van der Waals surface area contributed by atoms with Gasteiger partial charge in [-0.3, -0.25) is 4.40 Å². The van der Waals surface area contributed by atoms with Crippen molar-refractivity contribution in [3.8, 4) is 22.8 Å². The minimum Gasteiger partial charge on any atom is -0.504 e. The van der Waals surface area contributed by atoms with E-state index < -0.39 is 0 Å². The second-order valence-electron chi connectivity index (χ2n) is 6.66. The number of aryl methyl sites for hydroxylation is 1. The smallest absolute Gasteiger partial charge is 0.197 e. The molecule has 0 unspecified atom stereocenters. The van der Waals surface area contributed by atoms with Crippen LogP contribution in [-0.2, 0) is 4.74 Å². The van der Waals surface area contributed by atoms with Crippen LogP contribution < -0.4 is 10.1 Å². The van der Waals surface area contributed by atoms with E-state index in [0.717, 1.165) is 40.5 Å². The van der Waals surface area contributed by atoms with Gasteiger partial charge in [0.2, 0.25) is 0 Å². The number of methoxy groups -OCH3 is 2. The van der Waals surface area contributed by atoms with E-state index in [1.54, 1.807) is 31.6 Å². The Morgan fingerprint density at radius 3 is 2.82 bits per heavy atom. The van der Waals surface area contributed by atoms with Gasteiger partial charge in [-0.2, -0.15) is 0 Å². The number of nitrogens with one attached hydrogen (secondary N) is 1. The van der Waals surface area contributed by atoms with Crippen LogP contribution in [0.2, 0.25) is 0 Å². The highest BCUT2D eigenvalue weighted by Crippen LogP contribution is 2.38. The van der Waals surface area contributed by atoms with Crippen molar-refractivity contribution in [1.82, 2.24) is 9.38 Å². The SMILES string of the molecule is COCCCNc1c(-c2ccc(O)c(OC)c2)nc2sc3ccc(C)cc3n12. The van der Waals surface area contributed by atoms with Crippen LogP contribution >= 0.6 is 11.3 Å². The van der Waals surface area contributed by atoms with Gasteiger partial charge in [-0.25, -0.2) is 4.98 Å². The maximum Gasteiger partial charge on any atom is 0.197 e. The van der Waals surface area contributed by atoms with Gasteiger partial charge in [0.25, 0.3) is 0 Å². The highest BCUT2D eigenvalue weighted by Gasteiger charge is 2.19. The second-order valence-corrected chi connectivity index (χ2v) is 7.67. The lowest BCUT2D eigenvalue weighted by atomic mass is 10.1. The van der Waals surface area contributed by atoms with E-state index in [1.807, 2.05) is 12.1 Å². The second kappa shape index (κ2) is 7.69. The summed E-state index contributed by atoms with van der Waals surface area (Å²) in [5, 5.41) is 13.5. The Bertz CT molecular complexity index is 1130. The molecule has 0 atom stereocenters. The highest BCUT2D eigenvalue weighted by molar-refractivity contribution is 7.23. The molecule has 7 heteroatoms. The van der Waals surface area contributed by atoms with Crippen molar-refractivity contribution in [2.45, 2.75) is 13.3 Å². The van der Waals surface area contributed by atoms with Crippen LogP contribution in [0, 0.1) is 6.92 Å². The van der Waals surface area contributed by atoms with E-state index in [1.165, 1.54) is 10.3 Å². The molecule has 28 heavy (non-hydrogen) atoms. The maximum absolute atomic E-state index is 9.95. The normalized spacial score (nSPS) is 11.4. The third-order valence-corrected chi connectivity index (χ3v) is 5.70. The predicted octanol–water partition coefficient (Wildman–Crippen LogP) is 4.69. The van der Waals surface area contributed by atoms with Crippen molar-refractivity contribution in [1.29, 1.82) is 0 Å². The summed E-state index contributed by atoms with van der Waals surface area (Å²) < 4.78 is 13.8. The number of imidazole rings is 1. The molecule has 0 aliphatic rings. The molecule has 0 amide bonds. The highest BCUT2D eigenvalue weighted by atomic mass is 32.1. The van der Waals surface area contributed by atoms with Crippen LogP contribution in [0.5, 0.6) is 11.5 Å². The number of fused-ring (bicyclic) bond motifs is 3. The number of aromatic nitrogens is 2. The average molecular weight is 398 g/mol. The van der Waals surface area contributed by atoms with Gasteiger partial charge in [0.1, 0.15) is 11.5 Å². The largest absolute Gasteiger partial charge is 0.504 e. The number of anilines is 1. The Balaban J connectivity index is 1.88. The van der Waals surface area contributed by atoms with Gasteiger partial charge >= 0.3 is 0 Å². The minimum atomic E-state index is 0.114. The number of ether oxygens (including phenoxy) is 2. The van der Waals surface area contributed by atoms with E-state index in [9.17, 15) is 5.11 Å². The number of aromatic hydroxyl groups is 1. The molecule has 0 radical (unpaired) electrons. The first-order valence-corrected chi connectivity index (χ1v) is 9.96. The fourth-order valence-corrected chi connectivity index (χ4v) is 4.30. The Morgan fingerprint density at radius 1 is 1.18 bits per heavy atom. The van der Waals surface area contributed by atoms with Crippen molar-refractivity contribution >= 4 is 32.3 Å². The summed E-state index contributed by atoms with van der Waals surface area (Å²) in [5.74, 6) is 1.48. The predicted molar refractivity (Wildman–Crippen MR) is 114 cm³/mol. The summed E-state index contributed by atoms with van der Waals surface area (Å²) in [6.45, 7) is 3.56. The molecule has 0 aliphatic heterocycles. The van der Waals surface area contributed by atoms with Gasteiger partial charge in [-0.05, 0) is 49.2 Å². The van der Waals surface area contributed by atoms with Gasteiger partial charge in [0.15, 0.2) is 16.5 Å². The van der Waals surface area contributed by atoms with Gasteiger partial charge < -0.3 is 19.9 Å². The summed E-state index contributed by atoms with van der Waals surface area (Å²) in [6.07, 6.45) is 0.892. The molecule has 2 aromatic carbocycles. The van der Waals surface area contributed by atoms with Crippen LogP contribution in [0.3, 0.4) is 0 Å². The van der Waals surface area contributed by atoms with Crippen LogP contribution in [0.4, 0.5) is 5.82 Å². The quantitative estimate of drug-likeness (QED) is 0.443. The first kappa shape index (κ1) is 18.6. The molecule has 146 valence electrons. The Hall–Kier alpha value is -2.77. The number of hydrogen-bond donors (Lipinski definition) is 2. The number of phenolic OH excluding ortho intramolecular Hbond substituents is 1. The van der Waals surface area contributed by atoms with Crippen molar-refractivity contribution in [3.63, 3.8) is 0 Å². The van der Waals surface area contributed by atoms with Gasteiger partial charge in [-0.1, -0.05) is 17.4 Å². The topological polar surface area (TPSA) is 68.0 Å². The molecule has 4 rings (SSSR count). The summed E-state index contributed by atoms with van der Waals surface area (Å²) in [7, 11) is 3.26. The fourth-order valence-electron chi connectivity index (χ4n) is 3.29. The number of phenols is 1. The summed E-state index contributed by atoms with van der Waals surface area (Å²) in [4.78, 5) is 5.83. The molecule has 0 fully saturated rings. The average Bonchev–Trinajstić information content (AvgIpc) is 3.22. The summed E-state index contributed by atoms with van der Waals surface area (Å²) in [5.41, 5.74) is 4.07. The third kappa shape index (κ3) is 3.27. The van der Waals surface area contributed by atoms with Crippen LogP contribution in [0.15, 0.2) is 36.4 Å². The monoisotopic (exact) mass is 397 g/mol. The summed E-state index contributed by atoms with van der Waals surface area (Å²) >= 11 is 1.66. The lowest BCUT2D eigenvalue weighted by Gasteiger charge is -2.10. The lowest BCUT2D eigenvalue weighted by molar-refractivity contribution is 0.198. The number of hydrogen-bond acceptors (Lipinski definition) is 6. The maximum atomic E-state index is 9.95. The van der Waals surface area contributed by atoms with Crippen molar-refractivity contribution in [2.24, 2.45) is 0 Å². The molecule has 2 aromatic heterocycles. The first-order chi connectivity index (χ1) is 13.6. The molecule has 0 spiro atoms. The van der Waals surface area contributed by atoms with Gasteiger partial charge in [-0.15, -0.1) is 0 Å². The molecule has 2 heterocycles. The third-order valence-electron chi connectivity index (χ3n) is 4.67. The van der Waals surface area contributed by atoms with Crippen LogP contribution in [0.1, 0.15) is 12.0 Å². The molecule has 2 N–H and O–H groups in total. The lowest BCUT2D eigenvalue weighted by Crippen LogP contribution is -2.07. The number of rotatable bonds is 7. The standard InChI is InChI=1S/C21H23N3O3S/c1-13-5-8-18-15(11-13)24-20(22-9-4-10-26-2)19(23-21(24)28-18)14-6-7-16(25)17(12-14)27-3/h5-8,11-12,22,25H,4,9-10H2,1-3H3. The zero-order chi connectivity index (χ0) is 19.7. The Morgan fingerprint density at radius 2 is 2.04 bits per heavy atom. The Kier molecular flexibility index (Phi) is 5.11. The Labute approximate surface area is 167 Å². The molecule has 0 bridgehead atoms. The molecular weight excluding hydrogens is 374 g/mol. The molecule has 4 aromatic rings. The zero-order valence-electron chi connectivity index (χ0n) is 16.2. The number of thiazole rings is 1. The summed E-state index contributed by atoms with van der Waals surface area (Å²) in [6, 6.07) is 11.8. The zero-order valence-corrected chi connectivity index (χ0v) is 17.0. The van der Waals surface area contributed by atoms with E-state index in [-0.39, 0.29) is 5.75 Å². The molecule has 6 nitrogen and oxygen atoms in total. The molecule has 0 saturated heterocycles. The van der Waals surface area contributed by atoms with E-state index in [0.29, 0.717) is 12.4 Å². The van der Waals surface area contributed by atoms with Gasteiger partial charge in [0, 0.05) is 25.8 Å². The van der Waals surface area contributed by atoms with E-state index in [4.69, 9.17) is 14.5 Å². The molecular formula is C21H23N3O3S. The van der Waals surface area contributed by atoms with E-state index in [2.05, 4.69) is 34.8 Å². The van der Waals surface area contributed by atoms with Crippen LogP contribution in [-0.4, -0.2) is 41.9 Å². The van der Waals surface area contributed by atoms with Crippen molar-refractivity contribution in [3.05, 3.63) is 42.0 Å². The van der Waals surface area contributed by atoms with Gasteiger partial charge in [0.05, 0.1) is 17.3 Å². The van der Waals surface area contributed by atoms with Crippen LogP contribution in [0.25, 0.3) is 26.4 Å². The number of benzene rings is 2. The molecule has 0 aliphatic carbocycles. The number of nitrogens with zero attached hydrogens (tertiary/aromatic N) is 2.